The van der Waals surface area contributed by atoms with Gasteiger partial charge in [-0.2, -0.15) is 0 Å². The van der Waals surface area contributed by atoms with Gasteiger partial charge in [-0.3, -0.25) is 0 Å². The van der Waals surface area contributed by atoms with E-state index < -0.39 is 0 Å². The highest BCUT2D eigenvalue weighted by molar-refractivity contribution is 5.39. The molecule has 1 aromatic rings. The van der Waals surface area contributed by atoms with Crippen molar-refractivity contribution < 1.29 is 4.74 Å². The van der Waals surface area contributed by atoms with E-state index in [1.165, 1.54) is 18.4 Å². The summed E-state index contributed by atoms with van der Waals surface area (Å²) in [6.45, 7) is 4.28. The van der Waals surface area contributed by atoms with Gasteiger partial charge in [0.05, 0.1) is 6.61 Å². The van der Waals surface area contributed by atoms with Crippen LogP contribution in [0.25, 0.3) is 0 Å². The van der Waals surface area contributed by atoms with Crippen LogP contribution in [0, 0.1) is 5.92 Å². The van der Waals surface area contributed by atoms with Crippen molar-refractivity contribution in [3.8, 4) is 5.75 Å². The van der Waals surface area contributed by atoms with Crippen molar-refractivity contribution >= 4 is 0 Å². The number of hydrogen-bond donors (Lipinski definition) is 1. The number of rotatable bonds is 5. The molecule has 0 fully saturated rings. The van der Waals surface area contributed by atoms with Crippen LogP contribution in [0.3, 0.4) is 0 Å². The topological polar surface area (TPSA) is 21.3 Å². The van der Waals surface area contributed by atoms with Gasteiger partial charge in [-0.15, -0.1) is 0 Å². The lowest BCUT2D eigenvalue weighted by Gasteiger charge is -2.13. The van der Waals surface area contributed by atoms with E-state index in [-0.39, 0.29) is 0 Å². The van der Waals surface area contributed by atoms with Crippen molar-refractivity contribution in [2.24, 2.45) is 5.92 Å². The summed E-state index contributed by atoms with van der Waals surface area (Å²) in [5.41, 5.74) is 1.40. The molecule has 1 aliphatic heterocycles. The van der Waals surface area contributed by atoms with E-state index in [0.717, 1.165) is 24.8 Å². The van der Waals surface area contributed by atoms with Gasteiger partial charge in [0.2, 0.25) is 0 Å². The summed E-state index contributed by atoms with van der Waals surface area (Å²) in [6, 6.07) is 8.43. The molecule has 2 atom stereocenters. The van der Waals surface area contributed by atoms with Gasteiger partial charge in [0.1, 0.15) is 5.75 Å². The minimum atomic E-state index is 0.607. The fraction of sp³-hybridized carbons (Fsp3) is 0.571. The van der Waals surface area contributed by atoms with Crippen molar-refractivity contribution in [2.75, 3.05) is 20.2 Å². The molecule has 2 nitrogen and oxygen atoms in total. The van der Waals surface area contributed by atoms with Crippen LogP contribution in [0.15, 0.2) is 24.3 Å². The molecular weight excluding hydrogens is 198 g/mol. The third kappa shape index (κ3) is 2.56. The largest absolute Gasteiger partial charge is 0.493 e. The first kappa shape index (κ1) is 11.5. The van der Waals surface area contributed by atoms with Crippen LogP contribution in [0.1, 0.15) is 31.2 Å². The molecule has 0 aliphatic carbocycles. The van der Waals surface area contributed by atoms with Crippen molar-refractivity contribution in [1.29, 1.82) is 0 Å². The van der Waals surface area contributed by atoms with E-state index in [4.69, 9.17) is 4.74 Å². The van der Waals surface area contributed by atoms with Crippen molar-refractivity contribution in [2.45, 2.75) is 25.7 Å². The average Bonchev–Trinajstić information content (AvgIpc) is 2.70. The number of fused-ring (bicyclic) bond motifs is 1. The number of benzene rings is 1. The molecule has 2 rings (SSSR count). The predicted octanol–water partition coefficient (Wildman–Crippen LogP) is 2.80. The van der Waals surface area contributed by atoms with E-state index in [2.05, 4.69) is 30.4 Å². The van der Waals surface area contributed by atoms with Gasteiger partial charge in [-0.25, -0.2) is 0 Å². The molecule has 1 heterocycles. The number of para-hydroxylation sites is 1. The Bertz CT molecular complexity index is 337. The molecule has 0 radical (unpaired) electrons. The van der Waals surface area contributed by atoms with Crippen molar-refractivity contribution in [1.82, 2.24) is 5.32 Å². The standard InChI is InChI=1S/C14H21NO/c1-11(9-15-2)7-8-12-10-16-14-6-4-3-5-13(12)14/h3-6,11-12,15H,7-10H2,1-2H3. The van der Waals surface area contributed by atoms with Gasteiger partial charge < -0.3 is 10.1 Å². The average molecular weight is 219 g/mol. The second-order valence-electron chi connectivity index (χ2n) is 4.79. The Kier molecular flexibility index (Phi) is 3.83. The maximum absolute atomic E-state index is 5.69. The van der Waals surface area contributed by atoms with Crippen LogP contribution >= 0.6 is 0 Å². The molecule has 2 unspecified atom stereocenters. The maximum atomic E-state index is 5.69. The minimum Gasteiger partial charge on any atom is -0.493 e. The zero-order chi connectivity index (χ0) is 11.4. The van der Waals surface area contributed by atoms with Crippen LogP contribution in [-0.4, -0.2) is 20.2 Å². The summed E-state index contributed by atoms with van der Waals surface area (Å²) >= 11 is 0. The molecule has 0 spiro atoms. The van der Waals surface area contributed by atoms with Gasteiger partial charge in [0.15, 0.2) is 0 Å². The zero-order valence-electron chi connectivity index (χ0n) is 10.2. The Morgan fingerprint density at radius 1 is 1.44 bits per heavy atom. The second-order valence-corrected chi connectivity index (χ2v) is 4.79. The van der Waals surface area contributed by atoms with Crippen molar-refractivity contribution in [3.63, 3.8) is 0 Å². The Labute approximate surface area is 98.0 Å². The summed E-state index contributed by atoms with van der Waals surface area (Å²) in [6.07, 6.45) is 2.50. The van der Waals surface area contributed by atoms with Gasteiger partial charge in [-0.1, -0.05) is 25.1 Å². The van der Waals surface area contributed by atoms with Crippen LogP contribution in [0.4, 0.5) is 0 Å². The van der Waals surface area contributed by atoms with Crippen LogP contribution in [0.5, 0.6) is 5.75 Å². The third-order valence-corrected chi connectivity index (χ3v) is 3.36. The molecule has 16 heavy (non-hydrogen) atoms. The molecule has 0 saturated heterocycles. The number of ether oxygens (including phenoxy) is 1. The van der Waals surface area contributed by atoms with Gasteiger partial charge in [-0.05, 0) is 38.4 Å². The van der Waals surface area contributed by atoms with Crippen LogP contribution in [-0.2, 0) is 0 Å². The smallest absolute Gasteiger partial charge is 0.122 e. The van der Waals surface area contributed by atoms with E-state index >= 15 is 0 Å². The van der Waals surface area contributed by atoms with Gasteiger partial charge in [0.25, 0.3) is 0 Å². The highest BCUT2D eigenvalue weighted by atomic mass is 16.5. The first-order valence-electron chi connectivity index (χ1n) is 6.17. The summed E-state index contributed by atoms with van der Waals surface area (Å²) in [5.74, 6) is 2.45. The molecule has 0 bridgehead atoms. The molecule has 1 N–H and O–H groups in total. The highest BCUT2D eigenvalue weighted by Crippen LogP contribution is 2.36. The molecule has 1 aromatic carbocycles. The third-order valence-electron chi connectivity index (χ3n) is 3.36. The zero-order valence-corrected chi connectivity index (χ0v) is 10.2. The Balaban J connectivity index is 1.88. The predicted molar refractivity (Wildman–Crippen MR) is 67.0 cm³/mol. The number of nitrogens with one attached hydrogen (secondary N) is 1. The minimum absolute atomic E-state index is 0.607. The summed E-state index contributed by atoms with van der Waals surface area (Å²) in [7, 11) is 2.02. The Morgan fingerprint density at radius 3 is 3.06 bits per heavy atom. The molecule has 0 saturated carbocycles. The molecule has 0 aromatic heterocycles. The molecule has 88 valence electrons. The maximum Gasteiger partial charge on any atom is 0.122 e. The molecular formula is C14H21NO. The Hall–Kier alpha value is -1.02. The lowest BCUT2D eigenvalue weighted by atomic mass is 9.92. The summed E-state index contributed by atoms with van der Waals surface area (Å²) in [4.78, 5) is 0. The van der Waals surface area contributed by atoms with E-state index in [0.29, 0.717) is 5.92 Å². The van der Waals surface area contributed by atoms with E-state index in [9.17, 15) is 0 Å². The SMILES string of the molecule is CNCC(C)CCC1COc2ccccc21. The lowest BCUT2D eigenvalue weighted by Crippen LogP contribution is -2.17. The van der Waals surface area contributed by atoms with Crippen molar-refractivity contribution in [3.05, 3.63) is 29.8 Å². The lowest BCUT2D eigenvalue weighted by molar-refractivity contribution is 0.316. The fourth-order valence-electron chi connectivity index (χ4n) is 2.40. The first-order valence-corrected chi connectivity index (χ1v) is 6.17. The van der Waals surface area contributed by atoms with Gasteiger partial charge >= 0.3 is 0 Å². The highest BCUT2D eigenvalue weighted by Gasteiger charge is 2.23. The fourth-order valence-corrected chi connectivity index (χ4v) is 2.40. The van der Waals surface area contributed by atoms with E-state index in [1.54, 1.807) is 0 Å². The summed E-state index contributed by atoms with van der Waals surface area (Å²) in [5, 5.41) is 3.23. The second kappa shape index (κ2) is 5.35. The van der Waals surface area contributed by atoms with Gasteiger partial charge in [0, 0.05) is 11.5 Å². The molecule has 0 amide bonds. The Morgan fingerprint density at radius 2 is 2.25 bits per heavy atom. The molecule has 2 heteroatoms. The first-order chi connectivity index (χ1) is 7.81. The van der Waals surface area contributed by atoms with E-state index in [1.807, 2.05) is 13.1 Å². The number of hydrogen-bond acceptors (Lipinski definition) is 2. The quantitative estimate of drug-likeness (QED) is 0.822. The van der Waals surface area contributed by atoms with Crippen LogP contribution < -0.4 is 10.1 Å². The normalized spacial score (nSPS) is 20.2. The monoisotopic (exact) mass is 219 g/mol. The molecule has 1 aliphatic rings. The van der Waals surface area contributed by atoms with Crippen LogP contribution in [0.2, 0.25) is 0 Å². The summed E-state index contributed by atoms with van der Waals surface area (Å²) < 4.78 is 5.69.